The van der Waals surface area contributed by atoms with Gasteiger partial charge < -0.3 is 15.0 Å². The molecule has 4 nitrogen and oxygen atoms in total. The van der Waals surface area contributed by atoms with Gasteiger partial charge in [0.15, 0.2) is 0 Å². The van der Waals surface area contributed by atoms with Gasteiger partial charge in [-0.15, -0.1) is 0 Å². The van der Waals surface area contributed by atoms with Gasteiger partial charge in [0, 0.05) is 29.4 Å². The van der Waals surface area contributed by atoms with Crippen molar-refractivity contribution in [2.45, 2.75) is 45.7 Å². The van der Waals surface area contributed by atoms with Crippen molar-refractivity contribution in [2.75, 3.05) is 24.7 Å². The number of carbonyl (C=O) groups excluding carboxylic acids is 1. The molecular weight excluding hydrogens is 384 g/mol. The second-order valence-electron chi connectivity index (χ2n) is 8.41. The summed E-state index contributed by atoms with van der Waals surface area (Å²) >= 11 is 6.10. The molecule has 29 heavy (non-hydrogen) atoms. The number of halogens is 1. The summed E-state index contributed by atoms with van der Waals surface area (Å²) in [4.78, 5) is 15.3. The Labute approximate surface area is 178 Å². The molecule has 1 aliphatic carbocycles. The van der Waals surface area contributed by atoms with E-state index in [4.69, 9.17) is 16.3 Å². The summed E-state index contributed by atoms with van der Waals surface area (Å²) in [5, 5.41) is 3.74. The quantitative estimate of drug-likeness (QED) is 0.734. The maximum atomic E-state index is 12.9. The second kappa shape index (κ2) is 8.76. The minimum Gasteiger partial charge on any atom is -0.377 e. The number of benzene rings is 2. The number of aryl methyl sites for hydroxylation is 2. The molecule has 2 aromatic carbocycles. The highest BCUT2D eigenvalue weighted by molar-refractivity contribution is 6.30. The second-order valence-corrected chi connectivity index (χ2v) is 8.85. The molecule has 5 heteroatoms. The van der Waals surface area contributed by atoms with Crippen molar-refractivity contribution < 1.29 is 9.53 Å². The van der Waals surface area contributed by atoms with Crippen LogP contribution < -0.4 is 10.2 Å². The fourth-order valence-electron chi connectivity index (χ4n) is 4.10. The van der Waals surface area contributed by atoms with Gasteiger partial charge in [0.25, 0.3) is 5.91 Å². The molecule has 1 atom stereocenters. The Balaban J connectivity index is 1.49. The van der Waals surface area contributed by atoms with E-state index >= 15 is 0 Å². The first-order valence-electron chi connectivity index (χ1n) is 10.5. The summed E-state index contributed by atoms with van der Waals surface area (Å²) in [5.41, 5.74) is 5.09. The van der Waals surface area contributed by atoms with E-state index in [1.807, 2.05) is 37.3 Å². The van der Waals surface area contributed by atoms with Gasteiger partial charge in [0.1, 0.15) is 0 Å². The highest BCUT2D eigenvalue weighted by atomic mass is 35.5. The molecule has 1 N–H and O–H groups in total. The summed E-state index contributed by atoms with van der Waals surface area (Å²) in [6.45, 7) is 6.95. The standard InChI is InChI=1S/C24H29ClN2O2/c1-16-9-19(24(28)26-14-20-12-21(25)6-3-17(20)2)13-22(10-16)27-7-8-29-15-23(27)11-18-4-5-18/h3,6,9-10,12-13,18,23H,4-5,7-8,11,14-15H2,1-2H3,(H,26,28). The minimum atomic E-state index is -0.0543. The lowest BCUT2D eigenvalue weighted by Crippen LogP contribution is -2.46. The zero-order valence-corrected chi connectivity index (χ0v) is 18.0. The van der Waals surface area contributed by atoms with Crippen LogP contribution in [0.4, 0.5) is 5.69 Å². The van der Waals surface area contributed by atoms with Crippen LogP contribution >= 0.6 is 11.6 Å². The van der Waals surface area contributed by atoms with E-state index in [-0.39, 0.29) is 5.91 Å². The predicted octanol–water partition coefficient (Wildman–Crippen LogP) is 4.89. The largest absolute Gasteiger partial charge is 0.377 e. The Morgan fingerprint density at radius 1 is 1.21 bits per heavy atom. The van der Waals surface area contributed by atoms with Crippen LogP contribution in [0.5, 0.6) is 0 Å². The first-order chi connectivity index (χ1) is 14.0. The van der Waals surface area contributed by atoms with Gasteiger partial charge in [0.05, 0.1) is 19.3 Å². The molecule has 0 spiro atoms. The molecule has 1 heterocycles. The normalized spacial score (nSPS) is 19.3. The van der Waals surface area contributed by atoms with Gasteiger partial charge >= 0.3 is 0 Å². The first-order valence-corrected chi connectivity index (χ1v) is 10.9. The molecule has 2 aliphatic rings. The number of anilines is 1. The van der Waals surface area contributed by atoms with Crippen molar-refractivity contribution in [3.05, 3.63) is 63.7 Å². The molecule has 154 valence electrons. The highest BCUT2D eigenvalue weighted by Crippen LogP contribution is 2.36. The number of hydrogen-bond donors (Lipinski definition) is 1. The number of morpholine rings is 1. The predicted molar refractivity (Wildman–Crippen MR) is 118 cm³/mol. The van der Waals surface area contributed by atoms with Crippen LogP contribution in [0, 0.1) is 19.8 Å². The maximum Gasteiger partial charge on any atom is 0.251 e. The van der Waals surface area contributed by atoms with Crippen LogP contribution in [0.25, 0.3) is 0 Å². The minimum absolute atomic E-state index is 0.0543. The number of nitrogens with one attached hydrogen (secondary N) is 1. The summed E-state index contributed by atoms with van der Waals surface area (Å²) in [7, 11) is 0. The third-order valence-corrected chi connectivity index (χ3v) is 6.17. The van der Waals surface area contributed by atoms with Gasteiger partial charge in [-0.25, -0.2) is 0 Å². The molecule has 1 aliphatic heterocycles. The highest BCUT2D eigenvalue weighted by Gasteiger charge is 2.31. The van der Waals surface area contributed by atoms with E-state index in [9.17, 15) is 4.79 Å². The maximum absolute atomic E-state index is 12.9. The smallest absolute Gasteiger partial charge is 0.251 e. The Kier molecular flexibility index (Phi) is 6.12. The van der Waals surface area contributed by atoms with E-state index in [1.54, 1.807) is 0 Å². The molecule has 2 aromatic rings. The lowest BCUT2D eigenvalue weighted by molar-refractivity contribution is 0.0898. The zero-order chi connectivity index (χ0) is 20.4. The molecule has 0 bridgehead atoms. The summed E-state index contributed by atoms with van der Waals surface area (Å²) in [6, 6.07) is 12.3. The van der Waals surface area contributed by atoms with Crippen molar-refractivity contribution in [3.63, 3.8) is 0 Å². The van der Waals surface area contributed by atoms with Crippen molar-refractivity contribution in [2.24, 2.45) is 5.92 Å². The number of ether oxygens (including phenoxy) is 1. The van der Waals surface area contributed by atoms with Crippen molar-refractivity contribution in [3.8, 4) is 0 Å². The molecule has 0 aromatic heterocycles. The van der Waals surface area contributed by atoms with E-state index in [0.29, 0.717) is 23.2 Å². The molecular formula is C24H29ClN2O2. The van der Waals surface area contributed by atoms with E-state index < -0.39 is 0 Å². The molecule has 0 radical (unpaired) electrons. The van der Waals surface area contributed by atoms with Crippen LogP contribution in [0.3, 0.4) is 0 Å². The van der Waals surface area contributed by atoms with Crippen molar-refractivity contribution >= 4 is 23.2 Å². The van der Waals surface area contributed by atoms with Crippen LogP contribution in [0.2, 0.25) is 5.02 Å². The fourth-order valence-corrected chi connectivity index (χ4v) is 4.29. The van der Waals surface area contributed by atoms with Gasteiger partial charge in [-0.05, 0) is 73.2 Å². The van der Waals surface area contributed by atoms with Crippen molar-refractivity contribution in [1.82, 2.24) is 5.32 Å². The lowest BCUT2D eigenvalue weighted by Gasteiger charge is -2.38. The van der Waals surface area contributed by atoms with Gasteiger partial charge in [-0.3, -0.25) is 4.79 Å². The molecule has 4 rings (SSSR count). The van der Waals surface area contributed by atoms with Crippen LogP contribution in [0.1, 0.15) is 46.3 Å². The number of rotatable bonds is 6. The number of amides is 1. The molecule has 2 fully saturated rings. The van der Waals surface area contributed by atoms with E-state index in [0.717, 1.165) is 48.1 Å². The van der Waals surface area contributed by atoms with E-state index in [2.05, 4.69) is 23.2 Å². The monoisotopic (exact) mass is 412 g/mol. The number of hydrogen-bond acceptors (Lipinski definition) is 3. The van der Waals surface area contributed by atoms with Crippen LogP contribution in [-0.4, -0.2) is 31.7 Å². The Morgan fingerprint density at radius 3 is 2.83 bits per heavy atom. The van der Waals surface area contributed by atoms with Crippen molar-refractivity contribution in [1.29, 1.82) is 0 Å². The third-order valence-electron chi connectivity index (χ3n) is 5.94. The Morgan fingerprint density at radius 2 is 2.03 bits per heavy atom. The first kappa shape index (κ1) is 20.2. The summed E-state index contributed by atoms with van der Waals surface area (Å²) < 4.78 is 5.75. The number of nitrogens with zero attached hydrogens (tertiary/aromatic N) is 1. The average molecular weight is 413 g/mol. The topological polar surface area (TPSA) is 41.6 Å². The van der Waals surface area contributed by atoms with Gasteiger partial charge in [-0.1, -0.05) is 30.5 Å². The number of carbonyl (C=O) groups is 1. The van der Waals surface area contributed by atoms with Crippen LogP contribution in [0.15, 0.2) is 36.4 Å². The van der Waals surface area contributed by atoms with E-state index in [1.165, 1.54) is 19.3 Å². The Hall–Kier alpha value is -2.04. The molecule has 1 unspecified atom stereocenters. The molecule has 1 saturated carbocycles. The molecule has 1 amide bonds. The van der Waals surface area contributed by atoms with Gasteiger partial charge in [-0.2, -0.15) is 0 Å². The van der Waals surface area contributed by atoms with Gasteiger partial charge in [0.2, 0.25) is 0 Å². The average Bonchev–Trinajstić information content (AvgIpc) is 3.52. The van der Waals surface area contributed by atoms with Crippen LogP contribution in [-0.2, 0) is 11.3 Å². The fraction of sp³-hybridized carbons (Fsp3) is 0.458. The SMILES string of the molecule is Cc1cc(C(=O)NCc2cc(Cl)ccc2C)cc(N2CCOCC2CC2CC2)c1. The third kappa shape index (κ3) is 5.12. The molecule has 1 saturated heterocycles. The Bertz CT molecular complexity index is 894. The summed E-state index contributed by atoms with van der Waals surface area (Å²) in [6.07, 6.45) is 3.87. The summed E-state index contributed by atoms with van der Waals surface area (Å²) in [5.74, 6) is 0.791. The lowest BCUT2D eigenvalue weighted by atomic mass is 10.0. The zero-order valence-electron chi connectivity index (χ0n) is 17.2.